The Labute approximate surface area is 156 Å². The standard InChI is InChI=1S/C19H18N4O2S/c1-13(12-20)26-19-22-21-18(14-7-5-4-6-8-14)23(19)15-9-10-16(24-2)17(11-15)25-3/h4-11,13H,1-3H3/t13-/m0/s1. The van der Waals surface area contributed by atoms with Gasteiger partial charge in [0.1, 0.15) is 0 Å². The van der Waals surface area contributed by atoms with E-state index in [-0.39, 0.29) is 5.25 Å². The number of methoxy groups -OCH3 is 2. The average molecular weight is 366 g/mol. The highest BCUT2D eigenvalue weighted by Gasteiger charge is 2.19. The van der Waals surface area contributed by atoms with Gasteiger partial charge in [-0.25, -0.2) is 0 Å². The lowest BCUT2D eigenvalue weighted by molar-refractivity contribution is 0.355. The molecule has 0 radical (unpaired) electrons. The van der Waals surface area contributed by atoms with Crippen LogP contribution in [0, 0.1) is 11.3 Å². The van der Waals surface area contributed by atoms with Crippen molar-refractivity contribution in [3.05, 3.63) is 48.5 Å². The predicted molar refractivity (Wildman–Crippen MR) is 101 cm³/mol. The summed E-state index contributed by atoms with van der Waals surface area (Å²) in [5.41, 5.74) is 1.77. The van der Waals surface area contributed by atoms with Gasteiger partial charge in [0.15, 0.2) is 22.5 Å². The Morgan fingerprint density at radius 1 is 1.04 bits per heavy atom. The molecule has 26 heavy (non-hydrogen) atoms. The number of rotatable bonds is 6. The monoisotopic (exact) mass is 366 g/mol. The van der Waals surface area contributed by atoms with E-state index in [2.05, 4.69) is 16.3 Å². The maximum absolute atomic E-state index is 9.17. The summed E-state index contributed by atoms with van der Waals surface area (Å²) in [7, 11) is 3.20. The number of benzene rings is 2. The van der Waals surface area contributed by atoms with E-state index in [4.69, 9.17) is 14.7 Å². The minimum atomic E-state index is -0.248. The predicted octanol–water partition coefficient (Wildman–Crippen LogP) is 3.96. The van der Waals surface area contributed by atoms with Crippen molar-refractivity contribution in [2.75, 3.05) is 14.2 Å². The fourth-order valence-corrected chi connectivity index (χ4v) is 3.26. The molecule has 132 valence electrons. The van der Waals surface area contributed by atoms with Crippen LogP contribution in [0.5, 0.6) is 11.5 Å². The second-order valence-electron chi connectivity index (χ2n) is 5.44. The van der Waals surface area contributed by atoms with Gasteiger partial charge in [0, 0.05) is 11.6 Å². The maximum Gasteiger partial charge on any atom is 0.197 e. The largest absolute Gasteiger partial charge is 0.493 e. The van der Waals surface area contributed by atoms with Crippen LogP contribution in [0.1, 0.15) is 6.92 Å². The summed E-state index contributed by atoms with van der Waals surface area (Å²) in [6.45, 7) is 1.83. The van der Waals surface area contributed by atoms with Crippen LogP contribution < -0.4 is 9.47 Å². The third kappa shape index (κ3) is 3.51. The molecule has 0 aliphatic heterocycles. The van der Waals surface area contributed by atoms with Gasteiger partial charge in [0.2, 0.25) is 0 Å². The van der Waals surface area contributed by atoms with Gasteiger partial charge < -0.3 is 9.47 Å². The van der Waals surface area contributed by atoms with Gasteiger partial charge >= 0.3 is 0 Å². The number of ether oxygens (including phenoxy) is 2. The van der Waals surface area contributed by atoms with Crippen molar-refractivity contribution in [1.29, 1.82) is 5.26 Å². The Morgan fingerprint density at radius 2 is 1.77 bits per heavy atom. The number of thioether (sulfide) groups is 1. The normalized spacial score (nSPS) is 11.6. The fraction of sp³-hybridized carbons (Fsp3) is 0.211. The molecule has 0 fully saturated rings. The Hall–Kier alpha value is -2.98. The third-order valence-electron chi connectivity index (χ3n) is 3.75. The van der Waals surface area contributed by atoms with Gasteiger partial charge in [0.25, 0.3) is 0 Å². The van der Waals surface area contributed by atoms with Crippen LogP contribution >= 0.6 is 11.8 Å². The van der Waals surface area contributed by atoms with Gasteiger partial charge in [-0.2, -0.15) is 5.26 Å². The van der Waals surface area contributed by atoms with E-state index >= 15 is 0 Å². The van der Waals surface area contributed by atoms with Crippen LogP contribution in [0.2, 0.25) is 0 Å². The SMILES string of the molecule is COc1ccc(-n2c(S[C@@H](C)C#N)nnc2-c2ccccc2)cc1OC. The molecule has 7 heteroatoms. The zero-order chi connectivity index (χ0) is 18.5. The molecule has 1 heterocycles. The van der Waals surface area contributed by atoms with Crippen LogP contribution in [0.15, 0.2) is 53.7 Å². The first-order chi connectivity index (χ1) is 12.7. The number of hydrogen-bond acceptors (Lipinski definition) is 6. The molecule has 1 aromatic heterocycles. The lowest BCUT2D eigenvalue weighted by Crippen LogP contribution is -2.03. The van der Waals surface area contributed by atoms with Crippen LogP contribution in [-0.4, -0.2) is 34.2 Å². The second-order valence-corrected chi connectivity index (χ2v) is 6.74. The highest BCUT2D eigenvalue weighted by Crippen LogP contribution is 2.34. The van der Waals surface area contributed by atoms with E-state index in [0.29, 0.717) is 22.5 Å². The summed E-state index contributed by atoms with van der Waals surface area (Å²) < 4.78 is 12.7. The van der Waals surface area contributed by atoms with Crippen molar-refractivity contribution in [3.63, 3.8) is 0 Å². The summed E-state index contributed by atoms with van der Waals surface area (Å²) in [6.07, 6.45) is 0. The Bertz CT molecular complexity index is 934. The Morgan fingerprint density at radius 3 is 2.42 bits per heavy atom. The van der Waals surface area contributed by atoms with Crippen molar-refractivity contribution >= 4 is 11.8 Å². The quantitative estimate of drug-likeness (QED) is 0.615. The first-order valence-corrected chi connectivity index (χ1v) is 8.85. The molecule has 3 rings (SSSR count). The number of nitriles is 1. The zero-order valence-electron chi connectivity index (χ0n) is 14.7. The third-order valence-corrected chi connectivity index (χ3v) is 4.69. The topological polar surface area (TPSA) is 73.0 Å². The summed E-state index contributed by atoms with van der Waals surface area (Å²) >= 11 is 1.36. The Kier molecular flexibility index (Phi) is 5.44. The minimum absolute atomic E-state index is 0.248. The molecule has 0 saturated carbocycles. The minimum Gasteiger partial charge on any atom is -0.493 e. The van der Waals surface area contributed by atoms with Crippen LogP contribution in [0.25, 0.3) is 17.1 Å². The van der Waals surface area contributed by atoms with E-state index in [1.54, 1.807) is 14.2 Å². The van der Waals surface area contributed by atoms with Crippen molar-refractivity contribution in [2.24, 2.45) is 0 Å². The van der Waals surface area contributed by atoms with E-state index in [1.165, 1.54) is 11.8 Å². The molecule has 0 unspecified atom stereocenters. The van der Waals surface area contributed by atoms with E-state index in [1.807, 2.05) is 60.0 Å². The molecular formula is C19H18N4O2S. The molecule has 0 spiro atoms. The van der Waals surface area contributed by atoms with Gasteiger partial charge in [0.05, 0.1) is 31.2 Å². The molecular weight excluding hydrogens is 348 g/mol. The van der Waals surface area contributed by atoms with Gasteiger partial charge in [-0.15, -0.1) is 10.2 Å². The van der Waals surface area contributed by atoms with Gasteiger partial charge in [-0.1, -0.05) is 42.1 Å². The fourth-order valence-electron chi connectivity index (χ4n) is 2.50. The molecule has 0 aliphatic carbocycles. The molecule has 2 aromatic carbocycles. The van der Waals surface area contributed by atoms with Crippen molar-refractivity contribution in [3.8, 4) is 34.6 Å². The highest BCUT2D eigenvalue weighted by molar-refractivity contribution is 8.00. The van der Waals surface area contributed by atoms with Crippen LogP contribution in [0.3, 0.4) is 0 Å². The second kappa shape index (κ2) is 7.93. The van der Waals surface area contributed by atoms with Crippen molar-refractivity contribution in [2.45, 2.75) is 17.3 Å². The molecule has 0 bridgehead atoms. The Balaban J connectivity index is 2.17. The molecule has 0 amide bonds. The van der Waals surface area contributed by atoms with Crippen molar-refractivity contribution in [1.82, 2.24) is 14.8 Å². The molecule has 6 nitrogen and oxygen atoms in total. The maximum atomic E-state index is 9.17. The molecule has 3 aromatic rings. The number of nitrogens with zero attached hydrogens (tertiary/aromatic N) is 4. The van der Waals surface area contributed by atoms with Crippen LogP contribution in [0.4, 0.5) is 0 Å². The number of hydrogen-bond donors (Lipinski definition) is 0. The summed E-state index contributed by atoms with van der Waals surface area (Å²) in [4.78, 5) is 0. The summed E-state index contributed by atoms with van der Waals surface area (Å²) in [6, 6.07) is 17.7. The van der Waals surface area contributed by atoms with Crippen LogP contribution in [-0.2, 0) is 0 Å². The molecule has 0 N–H and O–H groups in total. The highest BCUT2D eigenvalue weighted by atomic mass is 32.2. The molecule has 0 aliphatic rings. The van der Waals surface area contributed by atoms with Gasteiger partial charge in [-0.3, -0.25) is 4.57 Å². The van der Waals surface area contributed by atoms with E-state index in [9.17, 15) is 0 Å². The lowest BCUT2D eigenvalue weighted by atomic mass is 10.2. The van der Waals surface area contributed by atoms with Gasteiger partial charge in [-0.05, 0) is 19.1 Å². The number of aromatic nitrogens is 3. The molecule has 1 atom stereocenters. The average Bonchev–Trinajstić information content (AvgIpc) is 3.11. The molecule has 0 saturated heterocycles. The van der Waals surface area contributed by atoms with E-state index < -0.39 is 0 Å². The van der Waals surface area contributed by atoms with Crippen molar-refractivity contribution < 1.29 is 9.47 Å². The first-order valence-electron chi connectivity index (χ1n) is 7.97. The zero-order valence-corrected chi connectivity index (χ0v) is 15.5. The lowest BCUT2D eigenvalue weighted by Gasteiger charge is -2.14. The van der Waals surface area contributed by atoms with E-state index in [0.717, 1.165) is 11.3 Å². The summed E-state index contributed by atoms with van der Waals surface area (Å²) in [5, 5.41) is 18.2. The first kappa shape index (κ1) is 17.8. The smallest absolute Gasteiger partial charge is 0.197 e. The summed E-state index contributed by atoms with van der Waals surface area (Å²) in [5.74, 6) is 1.96.